The third kappa shape index (κ3) is 4.37. The Morgan fingerprint density at radius 1 is 1.05 bits per heavy atom. The van der Waals surface area contributed by atoms with E-state index in [4.69, 9.17) is 9.84 Å². The van der Waals surface area contributed by atoms with Gasteiger partial charge in [-0.1, -0.05) is 48.0 Å². The number of nitrogens with one attached hydrogen (secondary N) is 1. The van der Waals surface area contributed by atoms with E-state index in [1.165, 1.54) is 5.56 Å². The Hall–Kier alpha value is -1.84. The number of ether oxygens (including phenoxy) is 1. The van der Waals surface area contributed by atoms with Crippen LogP contribution in [-0.4, -0.2) is 18.3 Å². The molecule has 0 radical (unpaired) electrons. The number of aryl methyl sites for hydroxylation is 1. The van der Waals surface area contributed by atoms with Gasteiger partial charge in [0.2, 0.25) is 0 Å². The third-order valence-corrected chi connectivity index (χ3v) is 3.09. The van der Waals surface area contributed by atoms with Crippen LogP contribution in [0.4, 0.5) is 0 Å². The number of hydrogen-bond donors (Lipinski definition) is 2. The highest BCUT2D eigenvalue weighted by Crippen LogP contribution is 2.19. The summed E-state index contributed by atoms with van der Waals surface area (Å²) < 4.78 is 5.89. The minimum absolute atomic E-state index is 0.145. The standard InChI is InChI=1S/C17H21NO2/c1-14-6-8-15(9-7-14)13-20-17-5-3-2-4-16(17)12-18-10-11-19/h2-9,18-19H,10-13H2,1H3. The molecule has 0 bridgehead atoms. The maximum absolute atomic E-state index is 8.79. The van der Waals surface area contributed by atoms with Gasteiger partial charge in [-0.25, -0.2) is 0 Å². The van der Waals surface area contributed by atoms with Gasteiger partial charge in [0.1, 0.15) is 12.4 Å². The lowest BCUT2D eigenvalue weighted by Crippen LogP contribution is -2.18. The Balaban J connectivity index is 1.96. The molecule has 0 aliphatic heterocycles. The number of rotatable bonds is 7. The van der Waals surface area contributed by atoms with Crippen LogP contribution in [0, 0.1) is 6.92 Å². The van der Waals surface area contributed by atoms with Gasteiger partial charge in [0, 0.05) is 18.7 Å². The van der Waals surface area contributed by atoms with Crippen molar-refractivity contribution >= 4 is 0 Å². The van der Waals surface area contributed by atoms with Crippen molar-refractivity contribution in [1.29, 1.82) is 0 Å². The third-order valence-electron chi connectivity index (χ3n) is 3.09. The molecule has 0 saturated heterocycles. The Kier molecular flexibility index (Phi) is 5.59. The normalized spacial score (nSPS) is 10.5. The van der Waals surface area contributed by atoms with Crippen molar-refractivity contribution in [1.82, 2.24) is 5.32 Å². The summed E-state index contributed by atoms with van der Waals surface area (Å²) in [6.07, 6.45) is 0. The van der Waals surface area contributed by atoms with Gasteiger partial charge in [-0.05, 0) is 18.6 Å². The Morgan fingerprint density at radius 3 is 2.55 bits per heavy atom. The van der Waals surface area contributed by atoms with Crippen LogP contribution in [0.15, 0.2) is 48.5 Å². The smallest absolute Gasteiger partial charge is 0.124 e. The quantitative estimate of drug-likeness (QED) is 0.761. The zero-order valence-electron chi connectivity index (χ0n) is 11.8. The Labute approximate surface area is 120 Å². The molecule has 0 fully saturated rings. The monoisotopic (exact) mass is 271 g/mol. The molecule has 0 heterocycles. The van der Waals surface area contributed by atoms with Crippen molar-refractivity contribution in [2.45, 2.75) is 20.1 Å². The van der Waals surface area contributed by atoms with Crippen LogP contribution in [0.2, 0.25) is 0 Å². The summed E-state index contributed by atoms with van der Waals surface area (Å²) in [5, 5.41) is 12.0. The fourth-order valence-electron chi connectivity index (χ4n) is 1.94. The second kappa shape index (κ2) is 7.68. The molecule has 0 saturated carbocycles. The first kappa shape index (κ1) is 14.6. The molecule has 0 atom stereocenters. The molecule has 3 nitrogen and oxygen atoms in total. The summed E-state index contributed by atoms with van der Waals surface area (Å²) in [5.74, 6) is 0.888. The highest BCUT2D eigenvalue weighted by molar-refractivity contribution is 5.33. The second-order valence-corrected chi connectivity index (χ2v) is 4.78. The Bertz CT molecular complexity index is 523. The number of aliphatic hydroxyl groups is 1. The van der Waals surface area contributed by atoms with E-state index in [2.05, 4.69) is 36.5 Å². The molecule has 2 N–H and O–H groups in total. The predicted molar refractivity (Wildman–Crippen MR) is 80.7 cm³/mol. The van der Waals surface area contributed by atoms with E-state index in [1.54, 1.807) is 0 Å². The number of aliphatic hydroxyl groups excluding tert-OH is 1. The van der Waals surface area contributed by atoms with E-state index in [9.17, 15) is 0 Å². The minimum Gasteiger partial charge on any atom is -0.489 e. The average Bonchev–Trinajstić information content (AvgIpc) is 2.48. The van der Waals surface area contributed by atoms with E-state index in [0.29, 0.717) is 19.7 Å². The second-order valence-electron chi connectivity index (χ2n) is 4.78. The SMILES string of the molecule is Cc1ccc(COc2ccccc2CNCCO)cc1. The molecule has 0 unspecified atom stereocenters. The molecule has 2 aromatic rings. The van der Waals surface area contributed by atoms with Crippen LogP contribution in [0.3, 0.4) is 0 Å². The largest absolute Gasteiger partial charge is 0.489 e. The molecule has 20 heavy (non-hydrogen) atoms. The molecular weight excluding hydrogens is 250 g/mol. The molecule has 0 aromatic heterocycles. The summed E-state index contributed by atoms with van der Waals surface area (Å²) >= 11 is 0. The maximum atomic E-state index is 8.79. The molecule has 0 spiro atoms. The Morgan fingerprint density at radius 2 is 1.80 bits per heavy atom. The summed E-state index contributed by atoms with van der Waals surface area (Å²) in [6, 6.07) is 16.3. The zero-order chi connectivity index (χ0) is 14.2. The van der Waals surface area contributed by atoms with Gasteiger partial charge >= 0.3 is 0 Å². The molecule has 0 aliphatic rings. The first-order valence-electron chi connectivity index (χ1n) is 6.87. The molecular formula is C17H21NO2. The van der Waals surface area contributed by atoms with Gasteiger partial charge < -0.3 is 15.2 Å². The van der Waals surface area contributed by atoms with Crippen molar-refractivity contribution in [3.63, 3.8) is 0 Å². The first-order valence-corrected chi connectivity index (χ1v) is 6.87. The van der Waals surface area contributed by atoms with E-state index in [1.807, 2.05) is 24.3 Å². The number of para-hydroxylation sites is 1. The van der Waals surface area contributed by atoms with E-state index < -0.39 is 0 Å². The first-order chi connectivity index (χ1) is 9.79. The summed E-state index contributed by atoms with van der Waals surface area (Å²) in [5.41, 5.74) is 3.52. The molecule has 0 amide bonds. The van der Waals surface area contributed by atoms with Crippen molar-refractivity contribution in [3.8, 4) is 5.75 Å². The molecule has 106 valence electrons. The van der Waals surface area contributed by atoms with E-state index >= 15 is 0 Å². The highest BCUT2D eigenvalue weighted by Gasteiger charge is 2.03. The van der Waals surface area contributed by atoms with Crippen molar-refractivity contribution in [2.24, 2.45) is 0 Å². The predicted octanol–water partition coefficient (Wildman–Crippen LogP) is 2.66. The molecule has 2 aromatic carbocycles. The highest BCUT2D eigenvalue weighted by atomic mass is 16.5. The van der Waals surface area contributed by atoms with Crippen LogP contribution < -0.4 is 10.1 Å². The zero-order valence-corrected chi connectivity index (χ0v) is 11.8. The molecule has 2 rings (SSSR count). The van der Waals surface area contributed by atoms with Gasteiger partial charge in [-0.2, -0.15) is 0 Å². The van der Waals surface area contributed by atoms with E-state index in [-0.39, 0.29) is 6.61 Å². The summed E-state index contributed by atoms with van der Waals surface area (Å²) in [6.45, 7) is 4.08. The van der Waals surface area contributed by atoms with Crippen LogP contribution in [0.1, 0.15) is 16.7 Å². The van der Waals surface area contributed by atoms with Crippen LogP contribution in [0.5, 0.6) is 5.75 Å². The van der Waals surface area contributed by atoms with Crippen LogP contribution in [0.25, 0.3) is 0 Å². The maximum Gasteiger partial charge on any atom is 0.124 e. The average molecular weight is 271 g/mol. The van der Waals surface area contributed by atoms with E-state index in [0.717, 1.165) is 16.9 Å². The lowest BCUT2D eigenvalue weighted by atomic mass is 10.1. The minimum atomic E-state index is 0.145. The van der Waals surface area contributed by atoms with Gasteiger partial charge in [0.25, 0.3) is 0 Å². The van der Waals surface area contributed by atoms with Crippen LogP contribution in [-0.2, 0) is 13.2 Å². The van der Waals surface area contributed by atoms with Gasteiger partial charge in [0.15, 0.2) is 0 Å². The summed E-state index contributed by atoms with van der Waals surface area (Å²) in [4.78, 5) is 0. The van der Waals surface area contributed by atoms with Crippen LogP contribution >= 0.6 is 0 Å². The summed E-state index contributed by atoms with van der Waals surface area (Å²) in [7, 11) is 0. The lowest BCUT2D eigenvalue weighted by Gasteiger charge is -2.12. The van der Waals surface area contributed by atoms with Crippen molar-refractivity contribution in [3.05, 3.63) is 65.2 Å². The molecule has 0 aliphatic carbocycles. The number of benzene rings is 2. The van der Waals surface area contributed by atoms with Gasteiger partial charge in [-0.3, -0.25) is 0 Å². The van der Waals surface area contributed by atoms with Crippen molar-refractivity contribution < 1.29 is 9.84 Å². The topological polar surface area (TPSA) is 41.5 Å². The number of hydrogen-bond acceptors (Lipinski definition) is 3. The van der Waals surface area contributed by atoms with Crippen molar-refractivity contribution in [2.75, 3.05) is 13.2 Å². The fourth-order valence-corrected chi connectivity index (χ4v) is 1.94. The van der Waals surface area contributed by atoms with Gasteiger partial charge in [0.05, 0.1) is 6.61 Å². The van der Waals surface area contributed by atoms with Gasteiger partial charge in [-0.15, -0.1) is 0 Å². The molecule has 3 heteroatoms. The lowest BCUT2D eigenvalue weighted by molar-refractivity contribution is 0.288. The fraction of sp³-hybridized carbons (Fsp3) is 0.294.